The second-order valence-corrected chi connectivity index (χ2v) is 4.77. The van der Waals surface area contributed by atoms with Crippen LogP contribution in [-0.2, 0) is 9.59 Å². The van der Waals surface area contributed by atoms with Crippen molar-refractivity contribution >= 4 is 17.5 Å². The van der Waals surface area contributed by atoms with E-state index in [1.54, 1.807) is 6.07 Å². The number of amides is 2. The first-order chi connectivity index (χ1) is 10.1. The molecule has 2 amide bonds. The van der Waals surface area contributed by atoms with Gasteiger partial charge in [0.1, 0.15) is 18.2 Å². The normalized spacial score (nSPS) is 17.5. The number of rotatable bonds is 4. The summed E-state index contributed by atoms with van der Waals surface area (Å²) in [4.78, 5) is 25.1. The van der Waals surface area contributed by atoms with Crippen LogP contribution < -0.4 is 5.32 Å². The number of nitriles is 2. The highest BCUT2D eigenvalue weighted by atomic mass is 16.2. The van der Waals surface area contributed by atoms with Crippen molar-refractivity contribution in [2.75, 3.05) is 11.9 Å². The van der Waals surface area contributed by atoms with E-state index in [4.69, 9.17) is 10.5 Å². The van der Waals surface area contributed by atoms with Crippen LogP contribution in [0.25, 0.3) is 0 Å². The van der Waals surface area contributed by atoms with E-state index < -0.39 is 6.04 Å². The molecule has 0 spiro atoms. The van der Waals surface area contributed by atoms with Gasteiger partial charge in [-0.2, -0.15) is 10.5 Å². The molecule has 1 aliphatic heterocycles. The number of imide groups is 1. The molecule has 1 N–H and O–H groups in total. The second-order valence-electron chi connectivity index (χ2n) is 4.77. The van der Waals surface area contributed by atoms with E-state index in [2.05, 4.69) is 5.32 Å². The van der Waals surface area contributed by atoms with E-state index >= 15 is 0 Å². The molecule has 1 aromatic carbocycles. The molecule has 0 saturated carbocycles. The number of benzene rings is 1. The van der Waals surface area contributed by atoms with Gasteiger partial charge in [-0.1, -0.05) is 6.92 Å². The van der Waals surface area contributed by atoms with E-state index in [1.807, 2.05) is 19.1 Å². The highest BCUT2D eigenvalue weighted by Crippen LogP contribution is 2.20. The number of anilines is 1. The summed E-state index contributed by atoms with van der Waals surface area (Å²) in [7, 11) is 0. The van der Waals surface area contributed by atoms with Gasteiger partial charge < -0.3 is 5.32 Å². The molecule has 6 nitrogen and oxygen atoms in total. The minimum absolute atomic E-state index is 0.112. The summed E-state index contributed by atoms with van der Waals surface area (Å²) in [6.45, 7) is 2.33. The van der Waals surface area contributed by atoms with Crippen molar-refractivity contribution in [2.45, 2.75) is 25.8 Å². The number of hydrogen-bond donors (Lipinski definition) is 1. The van der Waals surface area contributed by atoms with Crippen molar-refractivity contribution in [2.24, 2.45) is 0 Å². The van der Waals surface area contributed by atoms with Crippen LogP contribution in [0.2, 0.25) is 0 Å². The average Bonchev–Trinajstić information content (AvgIpc) is 2.75. The lowest BCUT2D eigenvalue weighted by molar-refractivity contribution is -0.138. The van der Waals surface area contributed by atoms with Gasteiger partial charge in [0.2, 0.25) is 5.91 Å². The Morgan fingerprint density at radius 1 is 1.29 bits per heavy atom. The molecule has 0 radical (unpaired) electrons. The minimum atomic E-state index is -0.608. The number of likely N-dealkylation sites (tertiary alicyclic amines) is 1. The van der Waals surface area contributed by atoms with Crippen LogP contribution in [0.15, 0.2) is 18.2 Å². The summed E-state index contributed by atoms with van der Waals surface area (Å²) in [5, 5.41) is 20.8. The van der Waals surface area contributed by atoms with Crippen LogP contribution in [0.3, 0.4) is 0 Å². The number of nitrogens with one attached hydrogen (secondary N) is 1. The summed E-state index contributed by atoms with van der Waals surface area (Å²) < 4.78 is 0. The van der Waals surface area contributed by atoms with Gasteiger partial charge >= 0.3 is 0 Å². The first-order valence-corrected chi connectivity index (χ1v) is 6.65. The van der Waals surface area contributed by atoms with E-state index in [-0.39, 0.29) is 29.4 Å². The lowest BCUT2D eigenvalue weighted by Crippen LogP contribution is -2.35. The van der Waals surface area contributed by atoms with Crippen LogP contribution in [0.5, 0.6) is 0 Å². The summed E-state index contributed by atoms with van der Waals surface area (Å²) in [6.07, 6.45) is 0.834. The van der Waals surface area contributed by atoms with Crippen LogP contribution in [0.1, 0.15) is 30.9 Å². The topological polar surface area (TPSA) is 97.0 Å². The third kappa shape index (κ3) is 2.85. The Hall–Kier alpha value is -2.86. The predicted molar refractivity (Wildman–Crippen MR) is 74.9 cm³/mol. The van der Waals surface area contributed by atoms with E-state index in [0.717, 1.165) is 6.42 Å². The molecule has 1 heterocycles. The molecule has 1 fully saturated rings. The first-order valence-electron chi connectivity index (χ1n) is 6.65. The van der Waals surface area contributed by atoms with Crippen molar-refractivity contribution in [1.29, 1.82) is 10.5 Å². The fraction of sp³-hybridized carbons (Fsp3) is 0.333. The molecule has 0 bridgehead atoms. The molecule has 1 aliphatic rings. The molecule has 1 unspecified atom stereocenters. The van der Waals surface area contributed by atoms with Gasteiger partial charge in [-0.15, -0.1) is 0 Å². The van der Waals surface area contributed by atoms with E-state index in [0.29, 0.717) is 12.2 Å². The maximum absolute atomic E-state index is 12.1. The molecule has 6 heteroatoms. The van der Waals surface area contributed by atoms with E-state index in [1.165, 1.54) is 17.0 Å². The zero-order valence-electron chi connectivity index (χ0n) is 11.6. The quantitative estimate of drug-likeness (QED) is 0.841. The number of carbonyl (C=O) groups excluding carboxylic acids is 2. The molecule has 106 valence electrons. The predicted octanol–water partition coefficient (Wildman–Crippen LogP) is 1.38. The molecule has 2 rings (SSSR count). The Kier molecular flexibility index (Phi) is 4.20. The molecular weight excluding hydrogens is 268 g/mol. The van der Waals surface area contributed by atoms with Crippen LogP contribution in [0, 0.1) is 22.7 Å². The Balaban J connectivity index is 2.17. The van der Waals surface area contributed by atoms with Crippen molar-refractivity contribution in [1.82, 2.24) is 4.90 Å². The average molecular weight is 282 g/mol. The van der Waals surface area contributed by atoms with Crippen LogP contribution in [0.4, 0.5) is 5.69 Å². The zero-order valence-corrected chi connectivity index (χ0v) is 11.6. The third-order valence-electron chi connectivity index (χ3n) is 3.29. The maximum atomic E-state index is 12.1. The van der Waals surface area contributed by atoms with Crippen LogP contribution in [-0.4, -0.2) is 29.3 Å². The molecule has 1 aromatic rings. The number of hydrogen-bond acceptors (Lipinski definition) is 5. The van der Waals surface area contributed by atoms with Gasteiger partial charge in [0.05, 0.1) is 17.5 Å². The molecule has 0 aromatic heterocycles. The summed E-state index contributed by atoms with van der Waals surface area (Å²) in [5.74, 6) is -0.432. The minimum Gasteiger partial charge on any atom is -0.373 e. The molecule has 1 atom stereocenters. The van der Waals surface area contributed by atoms with Crippen molar-refractivity contribution in [3.8, 4) is 12.1 Å². The largest absolute Gasteiger partial charge is 0.373 e. The van der Waals surface area contributed by atoms with Gasteiger partial charge in [-0.05, 0) is 24.6 Å². The molecule has 21 heavy (non-hydrogen) atoms. The van der Waals surface area contributed by atoms with Gasteiger partial charge in [0.15, 0.2) is 0 Å². The first kappa shape index (κ1) is 14.5. The number of nitrogens with zero attached hydrogens (tertiary/aromatic N) is 3. The standard InChI is InChI=1S/C15H14N4O2/c1-2-5-19-14(20)7-13(15(19)21)18-12-4-3-10(8-16)11(6-12)9-17/h3-4,6,13,18H,2,5,7H2,1H3. The van der Waals surface area contributed by atoms with Crippen molar-refractivity contribution in [3.05, 3.63) is 29.3 Å². The van der Waals surface area contributed by atoms with Gasteiger partial charge in [0.25, 0.3) is 5.91 Å². The molecule has 0 aliphatic carbocycles. The highest BCUT2D eigenvalue weighted by Gasteiger charge is 2.37. The van der Waals surface area contributed by atoms with Gasteiger partial charge in [0, 0.05) is 12.2 Å². The van der Waals surface area contributed by atoms with Crippen molar-refractivity contribution < 1.29 is 9.59 Å². The zero-order chi connectivity index (χ0) is 15.4. The fourth-order valence-corrected chi connectivity index (χ4v) is 2.28. The van der Waals surface area contributed by atoms with Gasteiger partial charge in [-0.3, -0.25) is 14.5 Å². The third-order valence-corrected chi connectivity index (χ3v) is 3.29. The van der Waals surface area contributed by atoms with Crippen LogP contribution >= 0.6 is 0 Å². The Labute approximate surface area is 122 Å². The lowest BCUT2D eigenvalue weighted by Gasteiger charge is -2.15. The molecular formula is C15H14N4O2. The molecule has 1 saturated heterocycles. The Morgan fingerprint density at radius 3 is 2.62 bits per heavy atom. The lowest BCUT2D eigenvalue weighted by atomic mass is 10.1. The van der Waals surface area contributed by atoms with E-state index in [9.17, 15) is 9.59 Å². The van der Waals surface area contributed by atoms with Crippen molar-refractivity contribution in [3.63, 3.8) is 0 Å². The Morgan fingerprint density at radius 2 is 2.00 bits per heavy atom. The monoisotopic (exact) mass is 282 g/mol. The number of carbonyl (C=O) groups is 2. The Bertz CT molecular complexity index is 669. The summed E-state index contributed by atoms with van der Waals surface area (Å²) in [6, 6.07) is 7.91. The summed E-state index contributed by atoms with van der Waals surface area (Å²) in [5.41, 5.74) is 1.07. The summed E-state index contributed by atoms with van der Waals surface area (Å²) >= 11 is 0. The smallest absolute Gasteiger partial charge is 0.252 e. The maximum Gasteiger partial charge on any atom is 0.252 e. The fourth-order valence-electron chi connectivity index (χ4n) is 2.28. The second kappa shape index (κ2) is 6.06. The van der Waals surface area contributed by atoms with Gasteiger partial charge in [-0.25, -0.2) is 0 Å². The SMILES string of the molecule is CCCN1C(=O)CC(Nc2ccc(C#N)c(C#N)c2)C1=O. The highest BCUT2D eigenvalue weighted by molar-refractivity contribution is 6.06.